The molecule has 3 aliphatic rings. The lowest BCUT2D eigenvalue weighted by molar-refractivity contribution is 0.678. The van der Waals surface area contributed by atoms with Gasteiger partial charge < -0.3 is 10.3 Å². The lowest BCUT2D eigenvalue weighted by atomic mass is 9.97. The van der Waals surface area contributed by atoms with Crippen molar-refractivity contribution in [2.45, 2.75) is 69.2 Å². The molecule has 2 N–H and O–H groups in total. The van der Waals surface area contributed by atoms with E-state index in [1.165, 1.54) is 36.1 Å². The highest BCUT2D eigenvalue weighted by atomic mass is 32.1. The molecule has 0 bridgehead atoms. The first-order valence-electron chi connectivity index (χ1n) is 9.68. The predicted octanol–water partition coefficient (Wildman–Crippen LogP) is 3.60. The fraction of sp³-hybridized carbons (Fsp3) is 0.600. The minimum atomic E-state index is -0.0184. The molecule has 5 rings (SSSR count). The van der Waals surface area contributed by atoms with Gasteiger partial charge in [-0.25, -0.2) is 4.98 Å². The Bertz CT molecular complexity index is 843. The Balaban J connectivity index is 1.51. The molecular weight excluding hydrogens is 330 g/mol. The SMILES string of the molecule is O=c1[nH]c(C2(c3cc(C4CCCC4)cs3)CC2)nc2c1CNCCC2. The summed E-state index contributed by atoms with van der Waals surface area (Å²) in [5.41, 5.74) is 3.42. The number of H-pyrrole nitrogens is 1. The molecule has 2 aliphatic carbocycles. The van der Waals surface area contributed by atoms with Gasteiger partial charge in [-0.1, -0.05) is 12.8 Å². The molecule has 3 heterocycles. The molecule has 4 nitrogen and oxygen atoms in total. The average Bonchev–Trinajstić information content (AvgIpc) is 3.06. The highest BCUT2D eigenvalue weighted by Crippen LogP contribution is 2.54. The first-order valence-corrected chi connectivity index (χ1v) is 10.6. The summed E-state index contributed by atoms with van der Waals surface area (Å²) in [6.45, 7) is 1.61. The van der Waals surface area contributed by atoms with Crippen LogP contribution in [0.25, 0.3) is 0 Å². The molecule has 0 unspecified atom stereocenters. The van der Waals surface area contributed by atoms with E-state index < -0.39 is 0 Å². The molecule has 2 saturated carbocycles. The maximum absolute atomic E-state index is 12.6. The van der Waals surface area contributed by atoms with Crippen molar-refractivity contribution in [1.82, 2.24) is 15.3 Å². The van der Waals surface area contributed by atoms with Crippen molar-refractivity contribution in [2.75, 3.05) is 6.54 Å². The van der Waals surface area contributed by atoms with Gasteiger partial charge in [-0.3, -0.25) is 4.79 Å². The molecular formula is C20H25N3OS. The molecule has 2 aromatic heterocycles. The predicted molar refractivity (Wildman–Crippen MR) is 100 cm³/mol. The van der Waals surface area contributed by atoms with Crippen molar-refractivity contribution in [3.05, 3.63) is 49.3 Å². The van der Waals surface area contributed by atoms with Gasteiger partial charge in [0.1, 0.15) is 5.82 Å². The molecule has 5 heteroatoms. The Labute approximate surface area is 152 Å². The number of aromatic nitrogens is 2. The summed E-state index contributed by atoms with van der Waals surface area (Å²) in [6.07, 6.45) is 9.60. The van der Waals surface area contributed by atoms with Gasteiger partial charge in [0.25, 0.3) is 5.56 Å². The van der Waals surface area contributed by atoms with Crippen LogP contribution in [0.2, 0.25) is 0 Å². The largest absolute Gasteiger partial charge is 0.312 e. The number of hydrogen-bond donors (Lipinski definition) is 2. The molecule has 1 aliphatic heterocycles. The van der Waals surface area contributed by atoms with Crippen LogP contribution in [0.15, 0.2) is 16.2 Å². The summed E-state index contributed by atoms with van der Waals surface area (Å²) in [5.74, 6) is 1.67. The van der Waals surface area contributed by atoms with Gasteiger partial charge in [-0.05, 0) is 68.0 Å². The zero-order chi connectivity index (χ0) is 16.9. The number of thiophene rings is 1. The van der Waals surface area contributed by atoms with Crippen molar-refractivity contribution in [1.29, 1.82) is 0 Å². The van der Waals surface area contributed by atoms with E-state index in [0.717, 1.165) is 55.2 Å². The fourth-order valence-corrected chi connectivity index (χ4v) is 5.81. The third kappa shape index (κ3) is 2.68. The topological polar surface area (TPSA) is 57.8 Å². The van der Waals surface area contributed by atoms with Gasteiger partial charge in [0.15, 0.2) is 0 Å². The van der Waals surface area contributed by atoms with E-state index in [9.17, 15) is 4.79 Å². The van der Waals surface area contributed by atoms with E-state index in [-0.39, 0.29) is 11.0 Å². The van der Waals surface area contributed by atoms with E-state index in [0.29, 0.717) is 6.54 Å². The smallest absolute Gasteiger partial charge is 0.255 e. The second kappa shape index (κ2) is 6.06. The number of rotatable bonds is 3. The van der Waals surface area contributed by atoms with E-state index in [2.05, 4.69) is 21.7 Å². The Morgan fingerprint density at radius 1 is 1.20 bits per heavy atom. The monoisotopic (exact) mass is 355 g/mol. The average molecular weight is 356 g/mol. The number of aromatic amines is 1. The van der Waals surface area contributed by atoms with Crippen LogP contribution in [-0.4, -0.2) is 16.5 Å². The summed E-state index contributed by atoms with van der Waals surface area (Å²) in [7, 11) is 0. The first kappa shape index (κ1) is 15.8. The molecule has 0 saturated heterocycles. The van der Waals surface area contributed by atoms with Gasteiger partial charge in [0.2, 0.25) is 0 Å². The van der Waals surface area contributed by atoms with Gasteiger partial charge in [-0.15, -0.1) is 11.3 Å². The number of aryl methyl sites for hydroxylation is 1. The highest BCUT2D eigenvalue weighted by molar-refractivity contribution is 7.10. The van der Waals surface area contributed by atoms with E-state index >= 15 is 0 Å². The Hall–Kier alpha value is -1.46. The van der Waals surface area contributed by atoms with Crippen LogP contribution < -0.4 is 10.9 Å². The molecule has 0 spiro atoms. The van der Waals surface area contributed by atoms with Crippen molar-refractivity contribution in [2.24, 2.45) is 0 Å². The van der Waals surface area contributed by atoms with Crippen molar-refractivity contribution >= 4 is 11.3 Å². The number of nitrogens with zero attached hydrogens (tertiary/aromatic N) is 1. The quantitative estimate of drug-likeness (QED) is 0.884. The third-order valence-electron chi connectivity index (χ3n) is 6.29. The van der Waals surface area contributed by atoms with Gasteiger partial charge in [0, 0.05) is 11.4 Å². The van der Waals surface area contributed by atoms with Crippen LogP contribution in [-0.2, 0) is 18.4 Å². The van der Waals surface area contributed by atoms with Crippen molar-refractivity contribution < 1.29 is 0 Å². The van der Waals surface area contributed by atoms with Crippen LogP contribution in [0, 0.1) is 0 Å². The lowest BCUT2D eigenvalue weighted by Gasteiger charge is -2.15. The van der Waals surface area contributed by atoms with E-state index in [4.69, 9.17) is 4.98 Å². The molecule has 2 aromatic rings. The molecule has 25 heavy (non-hydrogen) atoms. The van der Waals surface area contributed by atoms with Gasteiger partial charge >= 0.3 is 0 Å². The lowest BCUT2D eigenvalue weighted by Crippen LogP contribution is -2.26. The van der Waals surface area contributed by atoms with Crippen LogP contribution in [0.1, 0.15) is 78.4 Å². The molecule has 0 atom stereocenters. The maximum Gasteiger partial charge on any atom is 0.255 e. The molecule has 2 fully saturated rings. The van der Waals surface area contributed by atoms with E-state index in [1.54, 1.807) is 0 Å². The van der Waals surface area contributed by atoms with E-state index in [1.807, 2.05) is 11.3 Å². The van der Waals surface area contributed by atoms with Gasteiger partial charge in [-0.2, -0.15) is 0 Å². The second-order valence-electron chi connectivity index (χ2n) is 7.93. The second-order valence-corrected chi connectivity index (χ2v) is 8.84. The summed E-state index contributed by atoms with van der Waals surface area (Å²) in [5, 5.41) is 5.68. The zero-order valence-electron chi connectivity index (χ0n) is 14.6. The highest BCUT2D eigenvalue weighted by Gasteiger charge is 2.50. The minimum Gasteiger partial charge on any atom is -0.312 e. The summed E-state index contributed by atoms with van der Waals surface area (Å²) < 4.78 is 0. The normalized spacial score (nSPS) is 22.6. The molecule has 132 valence electrons. The Kier molecular flexibility index (Phi) is 3.82. The molecule has 0 amide bonds. The first-order chi connectivity index (χ1) is 12.3. The third-order valence-corrected chi connectivity index (χ3v) is 7.44. The van der Waals surface area contributed by atoms with Crippen LogP contribution >= 0.6 is 11.3 Å². The van der Waals surface area contributed by atoms with Crippen LogP contribution in [0.5, 0.6) is 0 Å². The molecule has 0 radical (unpaired) electrons. The number of fused-ring (bicyclic) bond motifs is 1. The van der Waals surface area contributed by atoms with Gasteiger partial charge in [0.05, 0.1) is 16.7 Å². The Morgan fingerprint density at radius 2 is 2.04 bits per heavy atom. The van der Waals surface area contributed by atoms with Crippen molar-refractivity contribution in [3.8, 4) is 0 Å². The fourth-order valence-electron chi connectivity index (χ4n) is 4.55. The maximum atomic E-state index is 12.6. The molecule has 0 aromatic carbocycles. The van der Waals surface area contributed by atoms with Crippen LogP contribution in [0.3, 0.4) is 0 Å². The summed E-state index contributed by atoms with van der Waals surface area (Å²) >= 11 is 1.87. The number of nitrogens with one attached hydrogen (secondary N) is 2. The minimum absolute atomic E-state index is 0.0184. The summed E-state index contributed by atoms with van der Waals surface area (Å²) in [6, 6.07) is 2.42. The number of hydrogen-bond acceptors (Lipinski definition) is 4. The van der Waals surface area contributed by atoms with Crippen molar-refractivity contribution in [3.63, 3.8) is 0 Å². The zero-order valence-corrected chi connectivity index (χ0v) is 15.4. The van der Waals surface area contributed by atoms with Crippen LogP contribution in [0.4, 0.5) is 0 Å². The standard InChI is InChI=1S/C20H25N3OS/c24-18-15-11-21-9-3-6-16(15)22-19(23-18)20(7-8-20)17-10-14(12-25-17)13-4-1-2-5-13/h10,12-13,21H,1-9,11H2,(H,22,23,24). The Morgan fingerprint density at radius 3 is 2.84 bits per heavy atom. The summed E-state index contributed by atoms with van der Waals surface area (Å²) in [4.78, 5) is 22.1.